The standard InChI is InChI=1S/C19H35NO3S/c1-16(2,3)23-19(9,10)12-18(7,8)20-14(21)11-13(15(20)22)24-17(4,5)6/h13H,11-12H2,1-10H3. The Balaban J connectivity index is 2.94. The van der Waals surface area contributed by atoms with Crippen LogP contribution in [0.15, 0.2) is 0 Å². The summed E-state index contributed by atoms with van der Waals surface area (Å²) < 4.78 is 6.10. The predicted octanol–water partition coefficient (Wildman–Crippen LogP) is 4.41. The van der Waals surface area contributed by atoms with Crippen molar-refractivity contribution in [2.45, 2.75) is 109 Å². The van der Waals surface area contributed by atoms with Gasteiger partial charge in [0.25, 0.3) is 0 Å². The Hall–Kier alpha value is -0.550. The van der Waals surface area contributed by atoms with Crippen molar-refractivity contribution in [1.82, 2.24) is 4.90 Å². The van der Waals surface area contributed by atoms with Gasteiger partial charge in [-0.2, -0.15) is 0 Å². The van der Waals surface area contributed by atoms with Gasteiger partial charge in [0.05, 0.1) is 16.5 Å². The third kappa shape index (κ3) is 6.07. The van der Waals surface area contributed by atoms with E-state index >= 15 is 0 Å². The maximum absolute atomic E-state index is 12.9. The first-order valence-corrected chi connectivity index (χ1v) is 9.56. The fourth-order valence-corrected chi connectivity index (χ4v) is 5.03. The van der Waals surface area contributed by atoms with E-state index in [1.807, 2.05) is 48.5 Å². The van der Waals surface area contributed by atoms with E-state index in [9.17, 15) is 9.59 Å². The van der Waals surface area contributed by atoms with Crippen LogP contribution in [0.3, 0.4) is 0 Å². The monoisotopic (exact) mass is 357 g/mol. The van der Waals surface area contributed by atoms with E-state index in [1.54, 1.807) is 11.8 Å². The summed E-state index contributed by atoms with van der Waals surface area (Å²) in [6.07, 6.45) is 0.895. The third-order valence-corrected chi connectivity index (χ3v) is 5.01. The Morgan fingerprint density at radius 3 is 1.92 bits per heavy atom. The molecule has 2 amide bonds. The highest BCUT2D eigenvalue weighted by molar-refractivity contribution is 8.01. The highest BCUT2D eigenvalue weighted by Gasteiger charge is 2.49. The van der Waals surface area contributed by atoms with Crippen LogP contribution in [0.25, 0.3) is 0 Å². The predicted molar refractivity (Wildman–Crippen MR) is 101 cm³/mol. The number of hydrogen-bond acceptors (Lipinski definition) is 4. The van der Waals surface area contributed by atoms with Gasteiger partial charge in [0.2, 0.25) is 11.8 Å². The Labute approximate surface area is 152 Å². The number of imide groups is 1. The van der Waals surface area contributed by atoms with Gasteiger partial charge in [0.1, 0.15) is 0 Å². The van der Waals surface area contributed by atoms with E-state index in [4.69, 9.17) is 4.74 Å². The molecule has 0 aliphatic carbocycles. The molecule has 140 valence electrons. The number of rotatable bonds is 5. The lowest BCUT2D eigenvalue weighted by Crippen LogP contribution is -2.53. The van der Waals surface area contributed by atoms with E-state index in [1.165, 1.54) is 4.90 Å². The molecule has 0 radical (unpaired) electrons. The van der Waals surface area contributed by atoms with Gasteiger partial charge in [0, 0.05) is 16.7 Å². The van der Waals surface area contributed by atoms with Crippen molar-refractivity contribution in [2.75, 3.05) is 0 Å². The molecule has 4 nitrogen and oxygen atoms in total. The molecule has 1 fully saturated rings. The summed E-state index contributed by atoms with van der Waals surface area (Å²) in [6.45, 7) is 20.2. The summed E-state index contributed by atoms with van der Waals surface area (Å²) in [7, 11) is 0. The molecule has 1 saturated heterocycles. The maximum atomic E-state index is 12.9. The summed E-state index contributed by atoms with van der Waals surface area (Å²) >= 11 is 1.58. The zero-order valence-electron chi connectivity index (χ0n) is 17.1. The molecule has 0 spiro atoms. The second kappa shape index (κ2) is 6.64. The summed E-state index contributed by atoms with van der Waals surface area (Å²) in [6, 6.07) is 0. The van der Waals surface area contributed by atoms with Crippen molar-refractivity contribution in [2.24, 2.45) is 0 Å². The highest BCUT2D eigenvalue weighted by Crippen LogP contribution is 2.39. The molecule has 5 heteroatoms. The zero-order chi connectivity index (χ0) is 19.1. The van der Waals surface area contributed by atoms with Crippen molar-refractivity contribution in [3.05, 3.63) is 0 Å². The second-order valence-electron chi connectivity index (χ2n) is 9.95. The van der Waals surface area contributed by atoms with Crippen molar-refractivity contribution >= 4 is 23.6 Å². The van der Waals surface area contributed by atoms with E-state index in [0.717, 1.165) is 0 Å². The minimum Gasteiger partial charge on any atom is -0.370 e. The molecule has 0 aromatic rings. The molecule has 0 saturated carbocycles. The fourth-order valence-electron chi connectivity index (χ4n) is 3.74. The number of ether oxygens (including phenoxy) is 1. The van der Waals surface area contributed by atoms with Gasteiger partial charge < -0.3 is 4.74 Å². The molecule has 1 aliphatic heterocycles. The van der Waals surface area contributed by atoms with E-state index in [-0.39, 0.29) is 27.4 Å². The highest BCUT2D eigenvalue weighted by atomic mass is 32.2. The van der Waals surface area contributed by atoms with E-state index < -0.39 is 11.1 Å². The molecular weight excluding hydrogens is 322 g/mol. The molecule has 1 heterocycles. The summed E-state index contributed by atoms with van der Waals surface area (Å²) in [5.41, 5.74) is -1.28. The fraction of sp³-hybridized carbons (Fsp3) is 0.895. The van der Waals surface area contributed by atoms with Crippen LogP contribution in [0, 0.1) is 0 Å². The van der Waals surface area contributed by atoms with Gasteiger partial charge >= 0.3 is 0 Å². The Morgan fingerprint density at radius 2 is 1.50 bits per heavy atom. The first-order valence-electron chi connectivity index (χ1n) is 8.68. The quantitative estimate of drug-likeness (QED) is 0.684. The van der Waals surface area contributed by atoms with Gasteiger partial charge in [-0.05, 0) is 54.9 Å². The van der Waals surface area contributed by atoms with Crippen LogP contribution in [-0.2, 0) is 14.3 Å². The smallest absolute Gasteiger partial charge is 0.243 e. The lowest BCUT2D eigenvalue weighted by molar-refractivity contribution is -0.153. The van der Waals surface area contributed by atoms with Crippen molar-refractivity contribution in [1.29, 1.82) is 0 Å². The minimum atomic E-state index is -0.573. The van der Waals surface area contributed by atoms with Crippen LogP contribution in [0.1, 0.15) is 82.1 Å². The minimum absolute atomic E-state index is 0.0463. The van der Waals surface area contributed by atoms with Crippen molar-refractivity contribution in [3.63, 3.8) is 0 Å². The molecule has 1 aliphatic rings. The first-order chi connectivity index (χ1) is 10.4. The van der Waals surface area contributed by atoms with Crippen LogP contribution >= 0.6 is 11.8 Å². The molecule has 1 rings (SSSR count). The SMILES string of the molecule is CC(C)(C)OC(C)(C)CC(C)(C)N1C(=O)CC(SC(C)(C)C)C1=O. The Morgan fingerprint density at radius 1 is 1.00 bits per heavy atom. The number of thioether (sulfide) groups is 1. The van der Waals surface area contributed by atoms with Crippen molar-refractivity contribution < 1.29 is 14.3 Å². The molecular formula is C19H35NO3S. The molecule has 1 atom stereocenters. The average molecular weight is 358 g/mol. The van der Waals surface area contributed by atoms with Crippen LogP contribution in [-0.4, -0.2) is 43.5 Å². The number of carbonyl (C=O) groups is 2. The number of hydrogen-bond donors (Lipinski definition) is 0. The van der Waals surface area contributed by atoms with Crippen molar-refractivity contribution in [3.8, 4) is 0 Å². The van der Waals surface area contributed by atoms with Gasteiger partial charge in [-0.15, -0.1) is 11.8 Å². The van der Waals surface area contributed by atoms with Gasteiger partial charge in [-0.25, -0.2) is 0 Å². The molecule has 0 N–H and O–H groups in total. The molecule has 0 aromatic carbocycles. The summed E-state index contributed by atoms with van der Waals surface area (Å²) in [4.78, 5) is 26.9. The number of amides is 2. The Kier molecular flexibility index (Phi) is 5.94. The van der Waals surface area contributed by atoms with Crippen LogP contribution in [0.4, 0.5) is 0 Å². The lowest BCUT2D eigenvalue weighted by Gasteiger charge is -2.42. The topological polar surface area (TPSA) is 46.6 Å². The van der Waals surface area contributed by atoms with Gasteiger partial charge in [0.15, 0.2) is 0 Å². The zero-order valence-corrected chi connectivity index (χ0v) is 17.9. The number of nitrogens with zero attached hydrogens (tertiary/aromatic N) is 1. The molecule has 24 heavy (non-hydrogen) atoms. The van der Waals surface area contributed by atoms with Crippen LogP contribution in [0.2, 0.25) is 0 Å². The lowest BCUT2D eigenvalue weighted by atomic mass is 9.87. The summed E-state index contributed by atoms with van der Waals surface area (Å²) in [5.74, 6) is -0.130. The number of carbonyl (C=O) groups excluding carboxylic acids is 2. The number of likely N-dealkylation sites (tertiary alicyclic amines) is 1. The second-order valence-corrected chi connectivity index (χ2v) is 12.0. The van der Waals surface area contributed by atoms with Gasteiger partial charge in [-0.3, -0.25) is 14.5 Å². The average Bonchev–Trinajstić information content (AvgIpc) is 2.45. The van der Waals surface area contributed by atoms with E-state index in [0.29, 0.717) is 12.8 Å². The summed E-state index contributed by atoms with van der Waals surface area (Å²) in [5, 5.41) is -0.275. The largest absolute Gasteiger partial charge is 0.370 e. The van der Waals surface area contributed by atoms with Gasteiger partial charge in [-0.1, -0.05) is 20.8 Å². The molecule has 1 unspecified atom stereocenters. The normalized spacial score (nSPS) is 20.9. The van der Waals surface area contributed by atoms with Crippen LogP contribution < -0.4 is 0 Å². The first kappa shape index (κ1) is 21.5. The Bertz CT molecular complexity index is 498. The molecule has 0 aromatic heterocycles. The maximum Gasteiger partial charge on any atom is 0.243 e. The van der Waals surface area contributed by atoms with Crippen LogP contribution in [0.5, 0.6) is 0 Å². The molecule has 0 bridgehead atoms. The van der Waals surface area contributed by atoms with E-state index in [2.05, 4.69) is 20.8 Å². The third-order valence-electron chi connectivity index (χ3n) is 3.65.